The summed E-state index contributed by atoms with van der Waals surface area (Å²) in [5.74, 6) is 0. The molecular formula is C14H15N2NaO6. The van der Waals surface area contributed by atoms with E-state index in [2.05, 4.69) is 11.9 Å². The predicted molar refractivity (Wildman–Crippen MR) is 80.3 cm³/mol. The van der Waals surface area contributed by atoms with Crippen molar-refractivity contribution in [1.29, 1.82) is 0 Å². The minimum Gasteiger partial charge on any atom is -0.465 e. The second kappa shape index (κ2) is 13.3. The third-order valence-electron chi connectivity index (χ3n) is 1.90. The fourth-order valence-electron chi connectivity index (χ4n) is 1.11. The van der Waals surface area contributed by atoms with E-state index in [1.54, 1.807) is 0 Å². The molecule has 2 rings (SSSR count). The number of benzene rings is 1. The van der Waals surface area contributed by atoms with Gasteiger partial charge in [0, 0.05) is 6.20 Å². The van der Waals surface area contributed by atoms with Gasteiger partial charge in [-0.05, 0) is 12.1 Å². The molecule has 1 aromatic heterocycles. The first-order valence-corrected chi connectivity index (χ1v) is 5.79. The minimum absolute atomic E-state index is 0. The molecule has 9 heteroatoms. The van der Waals surface area contributed by atoms with E-state index in [0.717, 1.165) is 5.56 Å². The van der Waals surface area contributed by atoms with E-state index in [-0.39, 0.29) is 35.2 Å². The standard InChI is InChI=1S/C7H7.C6H6N2O3.CH2O3.Na/c1-7-5-3-2-4-6-7;9-5-4(8-6(10)11)2-1-3-7-5;2-1(3)4;/h2-6H,1H2;1-3,8H,(H,7,9)(H,10,11);(H2,2,3,4);/q-1;;;+1. The van der Waals surface area contributed by atoms with Gasteiger partial charge in [0.25, 0.3) is 5.56 Å². The van der Waals surface area contributed by atoms with Gasteiger partial charge in [-0.15, -0.1) is 12.1 Å². The zero-order valence-electron chi connectivity index (χ0n) is 12.4. The van der Waals surface area contributed by atoms with Gasteiger partial charge in [-0.3, -0.25) is 10.1 Å². The fraction of sp³-hybridized carbons (Fsp3) is 0. The van der Waals surface area contributed by atoms with Crippen molar-refractivity contribution in [3.63, 3.8) is 0 Å². The summed E-state index contributed by atoms with van der Waals surface area (Å²) in [7, 11) is 0. The Morgan fingerprint density at radius 2 is 1.52 bits per heavy atom. The second-order valence-corrected chi connectivity index (χ2v) is 3.61. The zero-order valence-corrected chi connectivity index (χ0v) is 14.4. The Labute approximate surface area is 154 Å². The second-order valence-electron chi connectivity index (χ2n) is 3.61. The van der Waals surface area contributed by atoms with E-state index in [1.807, 2.05) is 35.6 Å². The zero-order chi connectivity index (χ0) is 17.0. The maximum absolute atomic E-state index is 10.8. The summed E-state index contributed by atoms with van der Waals surface area (Å²) >= 11 is 0. The van der Waals surface area contributed by atoms with Gasteiger partial charge in [0.05, 0.1) is 0 Å². The van der Waals surface area contributed by atoms with Crippen LogP contribution in [0.1, 0.15) is 5.56 Å². The quantitative estimate of drug-likeness (QED) is 0.355. The number of rotatable bonds is 1. The maximum Gasteiger partial charge on any atom is 1.00 e. The van der Waals surface area contributed by atoms with Crippen LogP contribution in [-0.2, 0) is 0 Å². The number of hydrogen-bond acceptors (Lipinski definition) is 3. The van der Waals surface area contributed by atoms with Crippen LogP contribution in [0.5, 0.6) is 0 Å². The number of nitrogens with one attached hydrogen (secondary N) is 2. The van der Waals surface area contributed by atoms with Crippen molar-refractivity contribution in [1.82, 2.24) is 4.98 Å². The number of amides is 1. The van der Waals surface area contributed by atoms with Crippen LogP contribution < -0.4 is 40.4 Å². The van der Waals surface area contributed by atoms with Gasteiger partial charge in [0.2, 0.25) is 0 Å². The average molecular weight is 330 g/mol. The van der Waals surface area contributed by atoms with Crippen molar-refractivity contribution in [2.24, 2.45) is 0 Å². The molecule has 0 saturated carbocycles. The van der Waals surface area contributed by atoms with Gasteiger partial charge in [0.15, 0.2) is 0 Å². The average Bonchev–Trinajstić information content (AvgIpc) is 2.42. The van der Waals surface area contributed by atoms with Crippen LogP contribution >= 0.6 is 0 Å². The van der Waals surface area contributed by atoms with E-state index < -0.39 is 17.8 Å². The molecular weight excluding hydrogens is 315 g/mol. The van der Waals surface area contributed by atoms with Crippen molar-refractivity contribution in [3.05, 3.63) is 71.5 Å². The van der Waals surface area contributed by atoms with Crippen molar-refractivity contribution < 1.29 is 54.5 Å². The number of aromatic amines is 1. The number of hydrogen-bond donors (Lipinski definition) is 5. The molecule has 0 aliphatic heterocycles. The molecule has 5 N–H and O–H groups in total. The molecule has 0 bridgehead atoms. The number of pyridine rings is 1. The number of anilines is 1. The summed E-state index contributed by atoms with van der Waals surface area (Å²) in [5, 5.41) is 24.1. The molecule has 0 saturated heterocycles. The van der Waals surface area contributed by atoms with Gasteiger partial charge >= 0.3 is 41.8 Å². The SMILES string of the molecule is O=C(O)Nc1ccc[nH]c1=O.O=C(O)O.[CH2-]c1ccccc1.[Na+]. The van der Waals surface area contributed by atoms with Gasteiger partial charge < -0.3 is 20.3 Å². The third kappa shape index (κ3) is 14.3. The molecule has 0 atom stereocenters. The first-order chi connectivity index (χ1) is 10.3. The molecule has 0 radical (unpaired) electrons. The fourth-order valence-corrected chi connectivity index (χ4v) is 1.11. The molecule has 2 aromatic rings. The Morgan fingerprint density at radius 3 is 1.87 bits per heavy atom. The maximum atomic E-state index is 10.8. The molecule has 118 valence electrons. The van der Waals surface area contributed by atoms with Crippen molar-refractivity contribution in [3.8, 4) is 0 Å². The molecule has 1 amide bonds. The van der Waals surface area contributed by atoms with Gasteiger partial charge in [-0.2, -0.15) is 24.6 Å². The van der Waals surface area contributed by atoms with E-state index >= 15 is 0 Å². The van der Waals surface area contributed by atoms with Gasteiger partial charge in [-0.25, -0.2) is 9.59 Å². The van der Waals surface area contributed by atoms with Crippen molar-refractivity contribution in [2.45, 2.75) is 0 Å². The summed E-state index contributed by atoms with van der Waals surface area (Å²) in [5.41, 5.74) is 0.650. The first kappa shape index (κ1) is 22.9. The minimum atomic E-state index is -1.83. The van der Waals surface area contributed by atoms with Gasteiger partial charge in [0.1, 0.15) is 5.69 Å². The molecule has 0 aliphatic rings. The van der Waals surface area contributed by atoms with E-state index in [4.69, 9.17) is 20.1 Å². The molecule has 0 fully saturated rings. The Kier molecular flexibility index (Phi) is 13.2. The van der Waals surface area contributed by atoms with E-state index in [1.165, 1.54) is 18.3 Å². The number of aromatic nitrogens is 1. The first-order valence-electron chi connectivity index (χ1n) is 5.79. The Balaban J connectivity index is 0. The number of carbonyl (C=O) groups is 2. The number of carboxylic acid groups (broad SMARTS) is 3. The summed E-state index contributed by atoms with van der Waals surface area (Å²) < 4.78 is 0. The van der Waals surface area contributed by atoms with Crippen LogP contribution in [0, 0.1) is 6.92 Å². The number of H-pyrrole nitrogens is 1. The van der Waals surface area contributed by atoms with Crippen LogP contribution in [0.2, 0.25) is 0 Å². The molecule has 23 heavy (non-hydrogen) atoms. The van der Waals surface area contributed by atoms with Crippen LogP contribution in [0.4, 0.5) is 15.3 Å². The van der Waals surface area contributed by atoms with Crippen molar-refractivity contribution >= 4 is 17.9 Å². The Morgan fingerprint density at radius 1 is 1.00 bits per heavy atom. The van der Waals surface area contributed by atoms with Gasteiger partial charge in [-0.1, -0.05) is 6.07 Å². The van der Waals surface area contributed by atoms with Crippen LogP contribution in [0.3, 0.4) is 0 Å². The molecule has 1 heterocycles. The molecule has 0 unspecified atom stereocenters. The monoisotopic (exact) mass is 330 g/mol. The topological polar surface area (TPSA) is 140 Å². The van der Waals surface area contributed by atoms with Crippen LogP contribution in [0.15, 0.2) is 53.5 Å². The van der Waals surface area contributed by atoms with E-state index in [0.29, 0.717) is 0 Å². The summed E-state index contributed by atoms with van der Waals surface area (Å²) in [6.07, 6.45) is -1.66. The van der Waals surface area contributed by atoms with Crippen LogP contribution in [0.25, 0.3) is 0 Å². The molecule has 0 aliphatic carbocycles. The van der Waals surface area contributed by atoms with E-state index in [9.17, 15) is 9.59 Å². The normalized spacial score (nSPS) is 8.00. The van der Waals surface area contributed by atoms with Crippen LogP contribution in [-0.4, -0.2) is 32.6 Å². The summed E-state index contributed by atoms with van der Waals surface area (Å²) in [6.45, 7) is 3.72. The molecule has 1 aromatic carbocycles. The smallest absolute Gasteiger partial charge is 0.465 e. The third-order valence-corrected chi connectivity index (χ3v) is 1.90. The van der Waals surface area contributed by atoms with Crippen molar-refractivity contribution in [2.75, 3.05) is 5.32 Å². The molecule has 0 spiro atoms. The largest absolute Gasteiger partial charge is 1.00 e. The summed E-state index contributed by atoms with van der Waals surface area (Å²) in [6, 6.07) is 12.8. The molecule has 8 nitrogen and oxygen atoms in total. The Bertz CT molecular complexity index is 641. The predicted octanol–water partition coefficient (Wildman–Crippen LogP) is -0.440. The summed E-state index contributed by atoms with van der Waals surface area (Å²) in [4.78, 5) is 31.7. The Hall–Kier alpha value is -2.42.